The van der Waals surface area contributed by atoms with E-state index in [0.29, 0.717) is 25.9 Å². The third-order valence-corrected chi connectivity index (χ3v) is 6.96. The number of halogens is 3. The Hall–Kier alpha value is -1.09. The third kappa shape index (κ3) is 2.88. The topological polar surface area (TPSA) is 64.0 Å². The fourth-order valence-corrected chi connectivity index (χ4v) is 4.82. The van der Waals surface area contributed by atoms with E-state index < -0.39 is 31.3 Å². The molecule has 0 atom stereocenters. The Morgan fingerprint density at radius 1 is 1.27 bits per heavy atom. The summed E-state index contributed by atoms with van der Waals surface area (Å²) in [6, 6.07) is 0. The number of sulfone groups is 1. The minimum Gasteiger partial charge on any atom is -0.317 e. The van der Waals surface area contributed by atoms with Crippen molar-refractivity contribution in [3.63, 3.8) is 0 Å². The number of alkyl halides is 3. The highest BCUT2D eigenvalue weighted by Gasteiger charge is 2.48. The van der Waals surface area contributed by atoms with Crippen LogP contribution in [0.2, 0.25) is 0 Å². The number of nitrogens with zero attached hydrogens (tertiary/aromatic N) is 2. The van der Waals surface area contributed by atoms with Crippen molar-refractivity contribution >= 4 is 9.84 Å². The molecule has 126 valence electrons. The summed E-state index contributed by atoms with van der Waals surface area (Å²) in [6.45, 7) is 4.35. The Bertz CT molecular complexity index is 644. The van der Waals surface area contributed by atoms with Crippen LogP contribution in [-0.2, 0) is 23.1 Å². The molecule has 1 aliphatic heterocycles. The summed E-state index contributed by atoms with van der Waals surface area (Å²) >= 11 is 0. The number of rotatable bonds is 3. The summed E-state index contributed by atoms with van der Waals surface area (Å²) in [5.74, 6) is -0.194. The quantitative estimate of drug-likeness (QED) is 0.915. The van der Waals surface area contributed by atoms with E-state index >= 15 is 0 Å². The molecule has 0 aliphatic carbocycles. The predicted octanol–water partition coefficient (Wildman–Crippen LogP) is 1.99. The van der Waals surface area contributed by atoms with E-state index in [1.807, 2.05) is 0 Å². The van der Waals surface area contributed by atoms with Crippen molar-refractivity contribution in [1.82, 2.24) is 15.1 Å². The van der Waals surface area contributed by atoms with Gasteiger partial charge in [-0.15, -0.1) is 0 Å². The van der Waals surface area contributed by atoms with E-state index in [1.165, 1.54) is 20.9 Å². The number of hydrogen-bond donors (Lipinski definition) is 1. The van der Waals surface area contributed by atoms with Crippen LogP contribution in [0.4, 0.5) is 13.2 Å². The van der Waals surface area contributed by atoms with E-state index in [4.69, 9.17) is 0 Å². The zero-order valence-electron chi connectivity index (χ0n) is 12.7. The first-order valence-corrected chi connectivity index (χ1v) is 8.52. The Kier molecular flexibility index (Phi) is 4.33. The smallest absolute Gasteiger partial charge is 0.317 e. The third-order valence-electron chi connectivity index (χ3n) is 4.37. The first kappa shape index (κ1) is 17.3. The standard InChI is InChI=1S/C13H20F3N3O2S/c1-12(2,9-4-6-17-7-5-9)22(20,21)10-8-19(3)18-11(10)13(14,15)16/h8-9,17H,4-7H2,1-3H3. The van der Waals surface area contributed by atoms with Gasteiger partial charge in [-0.3, -0.25) is 4.68 Å². The van der Waals surface area contributed by atoms with E-state index in [2.05, 4.69) is 10.4 Å². The maximum atomic E-state index is 13.1. The molecular formula is C13H20F3N3O2S. The van der Waals surface area contributed by atoms with Crippen molar-refractivity contribution in [2.75, 3.05) is 13.1 Å². The second kappa shape index (κ2) is 5.52. The SMILES string of the molecule is Cn1cc(S(=O)(=O)C(C)(C)C2CCNCC2)c(C(F)(F)F)n1. The molecule has 9 heteroatoms. The van der Waals surface area contributed by atoms with E-state index in [0.717, 1.165) is 10.9 Å². The van der Waals surface area contributed by atoms with Gasteiger partial charge in [-0.1, -0.05) is 0 Å². The van der Waals surface area contributed by atoms with Crippen LogP contribution in [-0.4, -0.2) is 36.0 Å². The molecule has 1 aromatic heterocycles. The maximum absolute atomic E-state index is 13.1. The van der Waals surface area contributed by atoms with Gasteiger partial charge in [0.1, 0.15) is 4.90 Å². The Labute approximate surface area is 127 Å². The van der Waals surface area contributed by atoms with Gasteiger partial charge in [0.05, 0.1) is 4.75 Å². The molecule has 0 spiro atoms. The molecule has 0 radical (unpaired) electrons. The molecule has 0 bridgehead atoms. The van der Waals surface area contributed by atoms with Crippen LogP contribution in [0.15, 0.2) is 11.1 Å². The van der Waals surface area contributed by atoms with Gasteiger partial charge in [0.25, 0.3) is 0 Å². The Morgan fingerprint density at radius 2 is 1.82 bits per heavy atom. The van der Waals surface area contributed by atoms with Gasteiger partial charge < -0.3 is 5.32 Å². The molecule has 2 rings (SSSR count). The molecule has 2 heterocycles. The summed E-state index contributed by atoms with van der Waals surface area (Å²) < 4.78 is 64.6. The number of hydrogen-bond acceptors (Lipinski definition) is 4. The zero-order chi connectivity index (χ0) is 16.8. The molecular weight excluding hydrogens is 319 g/mol. The molecule has 0 saturated carbocycles. The monoisotopic (exact) mass is 339 g/mol. The fourth-order valence-electron chi connectivity index (χ4n) is 2.88. The molecule has 5 nitrogen and oxygen atoms in total. The van der Waals surface area contributed by atoms with Crippen LogP contribution in [0.25, 0.3) is 0 Å². The maximum Gasteiger partial charge on any atom is 0.436 e. The lowest BCUT2D eigenvalue weighted by Gasteiger charge is -2.36. The van der Waals surface area contributed by atoms with Crippen LogP contribution < -0.4 is 5.32 Å². The summed E-state index contributed by atoms with van der Waals surface area (Å²) in [4.78, 5) is -0.731. The summed E-state index contributed by atoms with van der Waals surface area (Å²) in [7, 11) is -2.88. The first-order chi connectivity index (χ1) is 9.98. The molecule has 1 saturated heterocycles. The normalized spacial score (nSPS) is 18.6. The highest BCUT2D eigenvalue weighted by Crippen LogP contribution is 2.41. The lowest BCUT2D eigenvalue weighted by atomic mass is 9.86. The van der Waals surface area contributed by atoms with E-state index in [-0.39, 0.29) is 5.92 Å². The summed E-state index contributed by atoms with van der Waals surface area (Å²) in [6.07, 6.45) is -2.61. The summed E-state index contributed by atoms with van der Waals surface area (Å²) in [5.41, 5.74) is -1.34. The van der Waals surface area contributed by atoms with Crippen molar-refractivity contribution in [1.29, 1.82) is 0 Å². The van der Waals surface area contributed by atoms with Gasteiger partial charge in [0.2, 0.25) is 0 Å². The van der Waals surface area contributed by atoms with Gasteiger partial charge in [-0.25, -0.2) is 8.42 Å². The van der Waals surface area contributed by atoms with Gasteiger partial charge in [-0.2, -0.15) is 18.3 Å². The van der Waals surface area contributed by atoms with Crippen LogP contribution in [0.3, 0.4) is 0 Å². The van der Waals surface area contributed by atoms with Gasteiger partial charge in [-0.05, 0) is 45.7 Å². The second-order valence-electron chi connectivity index (χ2n) is 6.14. The molecule has 0 amide bonds. The molecule has 1 fully saturated rings. The number of aromatic nitrogens is 2. The molecule has 1 N–H and O–H groups in total. The van der Waals surface area contributed by atoms with Crippen molar-refractivity contribution in [3.8, 4) is 0 Å². The van der Waals surface area contributed by atoms with Crippen molar-refractivity contribution in [2.24, 2.45) is 13.0 Å². The van der Waals surface area contributed by atoms with Gasteiger partial charge >= 0.3 is 6.18 Å². The highest BCUT2D eigenvalue weighted by atomic mass is 32.2. The second-order valence-corrected chi connectivity index (χ2v) is 8.64. The van der Waals surface area contributed by atoms with Crippen LogP contribution in [0.5, 0.6) is 0 Å². The van der Waals surface area contributed by atoms with Crippen molar-refractivity contribution < 1.29 is 21.6 Å². The van der Waals surface area contributed by atoms with Crippen LogP contribution in [0.1, 0.15) is 32.4 Å². The van der Waals surface area contributed by atoms with Gasteiger partial charge in [0, 0.05) is 13.2 Å². The van der Waals surface area contributed by atoms with Gasteiger partial charge in [0.15, 0.2) is 15.5 Å². The first-order valence-electron chi connectivity index (χ1n) is 7.04. The average molecular weight is 339 g/mol. The minimum atomic E-state index is -4.80. The molecule has 0 aromatic carbocycles. The lowest BCUT2D eigenvalue weighted by molar-refractivity contribution is -0.143. The summed E-state index contributed by atoms with van der Waals surface area (Å²) in [5, 5.41) is 6.43. The molecule has 0 unspecified atom stereocenters. The fraction of sp³-hybridized carbons (Fsp3) is 0.769. The van der Waals surface area contributed by atoms with Crippen molar-refractivity contribution in [3.05, 3.63) is 11.9 Å². The number of nitrogens with one attached hydrogen (secondary N) is 1. The molecule has 22 heavy (non-hydrogen) atoms. The van der Waals surface area contributed by atoms with Crippen molar-refractivity contribution in [2.45, 2.75) is 42.5 Å². The molecule has 1 aliphatic rings. The predicted molar refractivity (Wildman–Crippen MR) is 75.1 cm³/mol. The van der Waals surface area contributed by atoms with Crippen LogP contribution >= 0.6 is 0 Å². The average Bonchev–Trinajstić information content (AvgIpc) is 2.82. The Balaban J connectivity index is 2.50. The largest absolute Gasteiger partial charge is 0.436 e. The Morgan fingerprint density at radius 3 is 2.32 bits per heavy atom. The zero-order valence-corrected chi connectivity index (χ0v) is 13.6. The van der Waals surface area contributed by atoms with E-state index in [1.54, 1.807) is 0 Å². The van der Waals surface area contributed by atoms with E-state index in [9.17, 15) is 21.6 Å². The minimum absolute atomic E-state index is 0.194. The highest BCUT2D eigenvalue weighted by molar-refractivity contribution is 7.92. The molecule has 1 aromatic rings. The lowest BCUT2D eigenvalue weighted by Crippen LogP contribution is -2.45. The number of aryl methyl sites for hydroxylation is 1. The van der Waals surface area contributed by atoms with Crippen LogP contribution in [0, 0.1) is 5.92 Å². The number of piperidine rings is 1.